The molecule has 0 saturated heterocycles. The van der Waals surface area contributed by atoms with Gasteiger partial charge in [0.25, 0.3) is 0 Å². The maximum atomic E-state index is 13.6. The van der Waals surface area contributed by atoms with Crippen molar-refractivity contribution in [2.75, 3.05) is 11.0 Å². The molecule has 0 radical (unpaired) electrons. The second-order valence-corrected chi connectivity index (χ2v) is 5.18. The van der Waals surface area contributed by atoms with Crippen LogP contribution in [0.1, 0.15) is 30.9 Å². The van der Waals surface area contributed by atoms with E-state index in [1.54, 1.807) is 6.07 Å². The lowest BCUT2D eigenvalue weighted by molar-refractivity contribution is 0.0216. The number of halogens is 2. The summed E-state index contributed by atoms with van der Waals surface area (Å²) in [6.45, 7) is 0.780. The van der Waals surface area contributed by atoms with Crippen molar-refractivity contribution in [2.45, 2.75) is 25.4 Å². The van der Waals surface area contributed by atoms with E-state index in [1.807, 2.05) is 12.1 Å². The molecule has 0 N–H and O–H groups in total. The van der Waals surface area contributed by atoms with Gasteiger partial charge in [0, 0.05) is 9.99 Å². The Morgan fingerprint density at radius 2 is 2.12 bits per heavy atom. The maximum absolute atomic E-state index is 13.6. The smallest absolute Gasteiger partial charge is 0.129 e. The fourth-order valence-corrected chi connectivity index (χ4v) is 2.59. The molecule has 1 nitrogen and oxygen atoms in total. The molecule has 16 heavy (non-hydrogen) atoms. The van der Waals surface area contributed by atoms with Gasteiger partial charge in [-0.15, -0.1) is 0 Å². The van der Waals surface area contributed by atoms with Gasteiger partial charge < -0.3 is 4.74 Å². The molecule has 1 saturated carbocycles. The molecule has 1 fully saturated rings. The lowest BCUT2D eigenvalue weighted by atomic mass is 9.86. The molecule has 1 aromatic rings. The Labute approximate surface area is 110 Å². The lowest BCUT2D eigenvalue weighted by Gasteiger charge is -2.27. The van der Waals surface area contributed by atoms with Crippen molar-refractivity contribution < 1.29 is 9.13 Å². The predicted molar refractivity (Wildman–Crippen MR) is 71.3 cm³/mol. The third-order valence-electron chi connectivity index (χ3n) is 3.15. The van der Waals surface area contributed by atoms with E-state index in [2.05, 4.69) is 22.6 Å². The predicted octanol–water partition coefficient (Wildman–Crippen LogP) is 4.12. The van der Waals surface area contributed by atoms with E-state index >= 15 is 0 Å². The highest BCUT2D eigenvalue weighted by molar-refractivity contribution is 14.1. The zero-order valence-corrected chi connectivity index (χ0v) is 11.3. The number of benzene rings is 1. The lowest BCUT2D eigenvalue weighted by Crippen LogP contribution is -2.20. The minimum Gasteiger partial charge on any atom is -0.372 e. The summed E-state index contributed by atoms with van der Waals surface area (Å²) in [4.78, 5) is 0. The van der Waals surface area contributed by atoms with Gasteiger partial charge in [0.15, 0.2) is 0 Å². The fraction of sp³-hybridized carbons (Fsp3) is 0.538. The average Bonchev–Trinajstić information content (AvgIpc) is 2.23. The highest BCUT2D eigenvalue weighted by Gasteiger charge is 2.21. The van der Waals surface area contributed by atoms with Gasteiger partial charge in [-0.2, -0.15) is 0 Å². The Morgan fingerprint density at radius 3 is 2.69 bits per heavy atom. The molecule has 2 rings (SSSR count). The molecule has 1 aliphatic carbocycles. The van der Waals surface area contributed by atoms with Gasteiger partial charge >= 0.3 is 0 Å². The van der Waals surface area contributed by atoms with Crippen molar-refractivity contribution in [1.29, 1.82) is 0 Å². The molecule has 88 valence electrons. The van der Waals surface area contributed by atoms with Crippen LogP contribution in [0.2, 0.25) is 0 Å². The highest BCUT2D eigenvalue weighted by Crippen LogP contribution is 2.30. The Bertz CT molecular complexity index is 338. The molecule has 0 spiro atoms. The van der Waals surface area contributed by atoms with E-state index in [1.165, 1.54) is 25.3 Å². The van der Waals surface area contributed by atoms with Gasteiger partial charge in [-0.3, -0.25) is 0 Å². The standard InChI is InChI=1S/C13H16FIO/c14-12-7-2-1-6-11(12)13(8-15)16-9-10-4-3-5-10/h1-2,6-7,10,13H,3-5,8-9H2. The topological polar surface area (TPSA) is 9.23 Å². The fourth-order valence-electron chi connectivity index (χ4n) is 1.87. The zero-order chi connectivity index (χ0) is 11.4. The quantitative estimate of drug-likeness (QED) is 0.581. The van der Waals surface area contributed by atoms with Gasteiger partial charge in [0.05, 0.1) is 12.7 Å². The SMILES string of the molecule is Fc1ccccc1C(CI)OCC1CCC1. The van der Waals surface area contributed by atoms with Gasteiger partial charge in [0.1, 0.15) is 5.82 Å². The van der Waals surface area contributed by atoms with Crippen molar-refractivity contribution in [1.82, 2.24) is 0 Å². The molecular weight excluding hydrogens is 318 g/mol. The van der Waals surface area contributed by atoms with Gasteiger partial charge in [-0.05, 0) is 24.8 Å². The summed E-state index contributed by atoms with van der Waals surface area (Å²) in [6, 6.07) is 6.90. The summed E-state index contributed by atoms with van der Waals surface area (Å²) in [5, 5.41) is 0. The van der Waals surface area contributed by atoms with Crippen molar-refractivity contribution in [3.05, 3.63) is 35.6 Å². The van der Waals surface area contributed by atoms with Crippen LogP contribution in [0, 0.1) is 11.7 Å². The third kappa shape index (κ3) is 2.94. The molecule has 0 bridgehead atoms. The van der Waals surface area contributed by atoms with E-state index in [0.717, 1.165) is 11.0 Å². The number of alkyl halides is 1. The Balaban J connectivity index is 1.95. The molecule has 0 amide bonds. The first-order chi connectivity index (χ1) is 7.81. The van der Waals surface area contributed by atoms with Crippen LogP contribution in [-0.4, -0.2) is 11.0 Å². The summed E-state index contributed by atoms with van der Waals surface area (Å²) in [6.07, 6.45) is 3.77. The van der Waals surface area contributed by atoms with E-state index in [9.17, 15) is 4.39 Å². The van der Waals surface area contributed by atoms with E-state index in [0.29, 0.717) is 11.5 Å². The summed E-state index contributed by atoms with van der Waals surface area (Å²) < 4.78 is 20.2. The van der Waals surface area contributed by atoms with Crippen LogP contribution in [0.5, 0.6) is 0 Å². The van der Waals surface area contributed by atoms with Gasteiger partial charge in [0.2, 0.25) is 0 Å². The summed E-state index contributed by atoms with van der Waals surface area (Å²) in [5.41, 5.74) is 0.691. The normalized spacial score (nSPS) is 18.1. The first-order valence-corrected chi connectivity index (χ1v) is 7.26. The highest BCUT2D eigenvalue weighted by atomic mass is 127. The minimum absolute atomic E-state index is 0.0950. The Hall–Kier alpha value is -0.160. The zero-order valence-electron chi connectivity index (χ0n) is 9.16. The van der Waals surface area contributed by atoms with Crippen LogP contribution >= 0.6 is 22.6 Å². The monoisotopic (exact) mass is 334 g/mol. The van der Waals surface area contributed by atoms with Crippen LogP contribution in [0.3, 0.4) is 0 Å². The van der Waals surface area contributed by atoms with Gasteiger partial charge in [-0.25, -0.2) is 4.39 Å². The molecular formula is C13H16FIO. The summed E-state index contributed by atoms with van der Waals surface area (Å²) >= 11 is 2.25. The summed E-state index contributed by atoms with van der Waals surface area (Å²) in [7, 11) is 0. The van der Waals surface area contributed by atoms with Gasteiger partial charge in [-0.1, -0.05) is 47.2 Å². The van der Waals surface area contributed by atoms with Crippen LogP contribution in [0.15, 0.2) is 24.3 Å². The Kier molecular flexibility index (Phi) is 4.58. The van der Waals surface area contributed by atoms with Crippen LogP contribution in [0.4, 0.5) is 4.39 Å². The number of rotatable bonds is 5. The molecule has 1 atom stereocenters. The molecule has 0 heterocycles. The maximum Gasteiger partial charge on any atom is 0.129 e. The first-order valence-electron chi connectivity index (χ1n) is 5.73. The van der Waals surface area contributed by atoms with Crippen LogP contribution in [-0.2, 0) is 4.74 Å². The number of hydrogen-bond acceptors (Lipinski definition) is 1. The third-order valence-corrected chi connectivity index (χ3v) is 3.95. The summed E-state index contributed by atoms with van der Waals surface area (Å²) in [5.74, 6) is 0.551. The van der Waals surface area contributed by atoms with Crippen molar-refractivity contribution >= 4 is 22.6 Å². The second kappa shape index (κ2) is 5.96. The molecule has 0 aromatic heterocycles. The first kappa shape index (κ1) is 12.3. The van der Waals surface area contributed by atoms with Crippen LogP contribution in [0.25, 0.3) is 0 Å². The second-order valence-electron chi connectivity index (χ2n) is 4.29. The van der Waals surface area contributed by atoms with E-state index in [4.69, 9.17) is 4.74 Å². The van der Waals surface area contributed by atoms with Crippen molar-refractivity contribution in [3.8, 4) is 0 Å². The van der Waals surface area contributed by atoms with Crippen molar-refractivity contribution in [3.63, 3.8) is 0 Å². The molecule has 0 aliphatic heterocycles. The van der Waals surface area contributed by atoms with Crippen molar-refractivity contribution in [2.24, 2.45) is 5.92 Å². The minimum atomic E-state index is -0.155. The van der Waals surface area contributed by atoms with E-state index in [-0.39, 0.29) is 11.9 Å². The Morgan fingerprint density at radius 1 is 1.38 bits per heavy atom. The number of ether oxygens (including phenoxy) is 1. The average molecular weight is 334 g/mol. The van der Waals surface area contributed by atoms with E-state index < -0.39 is 0 Å². The van der Waals surface area contributed by atoms with Crippen LogP contribution < -0.4 is 0 Å². The number of hydrogen-bond donors (Lipinski definition) is 0. The molecule has 1 aliphatic rings. The molecule has 1 aromatic carbocycles. The largest absolute Gasteiger partial charge is 0.372 e. The molecule has 3 heteroatoms. The molecule has 1 unspecified atom stereocenters.